The van der Waals surface area contributed by atoms with Gasteiger partial charge in [-0.05, 0) is 123 Å². The van der Waals surface area contributed by atoms with Crippen LogP contribution in [0.1, 0.15) is 60.6 Å². The van der Waals surface area contributed by atoms with Crippen molar-refractivity contribution in [3.63, 3.8) is 0 Å². The third-order valence-corrected chi connectivity index (χ3v) is 12.8. The zero-order valence-corrected chi connectivity index (χ0v) is 46.2. The topological polar surface area (TPSA) is 236 Å². The second kappa shape index (κ2) is 24.8. The number of β-amino-alcohol motifs (C(OH)–C–C–N with tert-alkyl or cyclic N) is 1. The van der Waals surface area contributed by atoms with Gasteiger partial charge in [0, 0.05) is 75.6 Å². The van der Waals surface area contributed by atoms with E-state index in [4.69, 9.17) is 14.2 Å². The number of halogens is 6. The lowest BCUT2D eigenvalue weighted by Crippen LogP contribution is -2.53. The molecule has 0 saturated carbocycles. The molecular formula is C56H57F6N15O7. The summed E-state index contributed by atoms with van der Waals surface area (Å²) >= 11 is 0. The zero-order valence-electron chi connectivity index (χ0n) is 46.2. The van der Waals surface area contributed by atoms with Crippen LogP contribution in [-0.2, 0) is 0 Å². The number of aliphatic hydroxyl groups is 1. The van der Waals surface area contributed by atoms with E-state index < -0.39 is 37.6 Å². The number of aryl methyl sites for hydroxylation is 3. The number of hydrogen-bond donors (Lipinski definition) is 4. The van der Waals surface area contributed by atoms with Crippen molar-refractivity contribution in [2.24, 2.45) is 0 Å². The summed E-state index contributed by atoms with van der Waals surface area (Å²) in [6.45, 7) is 4.46. The maximum absolute atomic E-state index is 12.7. The van der Waals surface area contributed by atoms with E-state index in [9.17, 15) is 45.8 Å². The number of methoxy groups -OCH3 is 1. The van der Waals surface area contributed by atoms with E-state index in [2.05, 4.69) is 46.2 Å². The molecule has 2 fully saturated rings. The highest BCUT2D eigenvalue weighted by atomic mass is 19.4. The van der Waals surface area contributed by atoms with Crippen LogP contribution >= 0.6 is 0 Å². The Morgan fingerprint density at radius 3 is 1.30 bits per heavy atom. The van der Waals surface area contributed by atoms with E-state index in [-0.39, 0.29) is 70.8 Å². The number of carbonyl (C=O) groups excluding carboxylic acids is 3. The fourth-order valence-electron chi connectivity index (χ4n) is 8.65. The number of fused-ring (bicyclic) bond motifs is 3. The third kappa shape index (κ3) is 14.8. The number of ether oxygens (including phenoxy) is 3. The predicted octanol–water partition coefficient (Wildman–Crippen LogP) is 8.99. The van der Waals surface area contributed by atoms with E-state index in [1.807, 2.05) is 51.2 Å². The molecule has 0 unspecified atom stereocenters. The minimum Gasteiger partial charge on any atom is -0.495 e. The average Bonchev–Trinajstić information content (AvgIpc) is 4.35. The van der Waals surface area contributed by atoms with Crippen molar-refractivity contribution in [1.82, 2.24) is 58.5 Å². The molecular weight excluding hydrogens is 1110 g/mol. The van der Waals surface area contributed by atoms with E-state index >= 15 is 0 Å². The van der Waals surface area contributed by atoms with Crippen LogP contribution < -0.4 is 30.2 Å². The van der Waals surface area contributed by atoms with Gasteiger partial charge in [-0.2, -0.15) is 41.3 Å². The van der Waals surface area contributed by atoms with Gasteiger partial charge in [-0.3, -0.25) is 14.4 Å². The van der Waals surface area contributed by atoms with Gasteiger partial charge in [-0.1, -0.05) is 18.2 Å². The van der Waals surface area contributed by atoms with E-state index in [0.29, 0.717) is 47.3 Å². The number of nitrogens with zero attached hydrogens (tertiary/aromatic N) is 12. The zero-order chi connectivity index (χ0) is 60.0. The SMILES string of the molecule is COc1cc(C(=O)N(C)C)ccc1Nc1nc2ccc(C)cn2n1.Cc1ccc2nc(Nc3ccc(C(=O)N4CC(O)C4)cc3OCC(F)(F)F)nn2c1.Cc1ccc2nc(Nc3ccc(C(=O)N4CCCC4)cc3OCC(F)(F)F)nn2c1. The lowest BCUT2D eigenvalue weighted by molar-refractivity contribution is -0.154. The number of nitrogens with one attached hydrogen (secondary N) is 3. The summed E-state index contributed by atoms with van der Waals surface area (Å²) in [5.74, 6) is 0.437. The molecule has 2 aliphatic rings. The lowest BCUT2D eigenvalue weighted by atomic mass is 10.1. The monoisotopic (exact) mass is 1170 g/mol. The quantitative estimate of drug-likeness (QED) is 0.0744. The smallest absolute Gasteiger partial charge is 0.422 e. The largest absolute Gasteiger partial charge is 0.495 e. The first-order chi connectivity index (χ1) is 39.9. The molecule has 0 radical (unpaired) electrons. The van der Waals surface area contributed by atoms with Crippen molar-refractivity contribution < 1.29 is 60.0 Å². The van der Waals surface area contributed by atoms with Crippen LogP contribution in [0.15, 0.2) is 110 Å². The number of benzene rings is 3. The van der Waals surface area contributed by atoms with Crippen molar-refractivity contribution in [3.8, 4) is 17.2 Å². The van der Waals surface area contributed by atoms with E-state index in [0.717, 1.165) is 35.2 Å². The normalized spacial score (nSPS) is 13.4. The maximum Gasteiger partial charge on any atom is 0.422 e. The fourth-order valence-corrected chi connectivity index (χ4v) is 8.65. The first kappa shape index (κ1) is 58.9. The van der Waals surface area contributed by atoms with Crippen LogP contribution in [0.5, 0.6) is 17.2 Å². The molecule has 6 aromatic heterocycles. The van der Waals surface area contributed by atoms with Crippen molar-refractivity contribution in [3.05, 3.63) is 143 Å². The molecule has 2 aliphatic heterocycles. The molecule has 4 N–H and O–H groups in total. The Morgan fingerprint density at radius 2 is 0.929 bits per heavy atom. The summed E-state index contributed by atoms with van der Waals surface area (Å²) in [5.41, 5.74) is 7.06. The molecule has 440 valence electrons. The van der Waals surface area contributed by atoms with Crippen molar-refractivity contribution in [1.29, 1.82) is 0 Å². The standard InChI is InChI=1S/C20H20F3N5O2.C19H18F3N5O3.C17H19N5O2/c1-13-4-7-17-25-19(26-28(17)11-13)24-15-6-5-14(18(29)27-8-2-3-9-27)10-16(15)30-12-20(21,22)23;1-11-2-5-16-24-18(25-27(16)7-11)23-14-4-3-12(17(29)26-8-13(28)9-26)6-15(14)30-10-19(20,21)22;1-11-5-8-15-19-17(20-22(15)10-11)18-13-7-6-12(9-14(13)24-4)16(23)21(2)3/h4-7,10-11H,2-3,8-9,12H2,1H3,(H,24,26);2-7,13,28H,8-10H2,1H3,(H,23,25);5-10H,1-4H3,(H,18,20). The molecule has 28 heteroatoms. The van der Waals surface area contributed by atoms with Gasteiger partial charge in [0.25, 0.3) is 17.7 Å². The van der Waals surface area contributed by atoms with Crippen molar-refractivity contribution >= 4 is 69.6 Å². The third-order valence-electron chi connectivity index (χ3n) is 12.8. The highest BCUT2D eigenvalue weighted by molar-refractivity contribution is 5.97. The number of hydrogen-bond acceptors (Lipinski definition) is 16. The summed E-state index contributed by atoms with van der Waals surface area (Å²) in [7, 11) is 4.98. The number of rotatable bonds is 14. The lowest BCUT2D eigenvalue weighted by Gasteiger charge is -2.36. The predicted molar refractivity (Wildman–Crippen MR) is 297 cm³/mol. The summed E-state index contributed by atoms with van der Waals surface area (Å²) in [6, 6.07) is 24.9. The highest BCUT2D eigenvalue weighted by Gasteiger charge is 2.33. The van der Waals surface area contributed by atoms with Crippen LogP contribution in [0.4, 0.5) is 61.2 Å². The summed E-state index contributed by atoms with van der Waals surface area (Å²) < 4.78 is 96.4. The van der Waals surface area contributed by atoms with Gasteiger partial charge in [-0.25, -0.2) is 13.5 Å². The maximum atomic E-state index is 12.7. The molecule has 2 saturated heterocycles. The Morgan fingerprint density at radius 1 is 0.560 bits per heavy atom. The Labute approximate surface area is 475 Å². The molecule has 0 spiro atoms. The van der Waals surface area contributed by atoms with Crippen LogP contribution in [-0.4, -0.2) is 160 Å². The highest BCUT2D eigenvalue weighted by Crippen LogP contribution is 2.34. The van der Waals surface area contributed by atoms with Crippen molar-refractivity contribution in [2.45, 2.75) is 52.1 Å². The summed E-state index contributed by atoms with van der Waals surface area (Å²) in [4.78, 5) is 54.7. The minimum absolute atomic E-state index is 0.0822. The number of carbonyl (C=O) groups is 3. The second-order valence-electron chi connectivity index (χ2n) is 19.9. The minimum atomic E-state index is -4.54. The van der Waals surface area contributed by atoms with Crippen LogP contribution in [0.2, 0.25) is 0 Å². The molecule has 3 aromatic carbocycles. The molecule has 0 aliphatic carbocycles. The molecule has 11 rings (SSSR count). The van der Waals surface area contributed by atoms with Crippen LogP contribution in [0.25, 0.3) is 16.9 Å². The Bertz CT molecular complexity index is 3850. The fraction of sp³-hybridized carbons (Fsp3) is 0.304. The number of aliphatic hydroxyl groups excluding tert-OH is 1. The van der Waals surface area contributed by atoms with Gasteiger partial charge in [-0.15, -0.1) is 15.3 Å². The van der Waals surface area contributed by atoms with E-state index in [1.165, 1.54) is 40.1 Å². The summed E-state index contributed by atoms with van der Waals surface area (Å²) in [5, 5.41) is 31.2. The number of anilines is 6. The van der Waals surface area contributed by atoms with Gasteiger partial charge in [0.05, 0.1) is 30.3 Å². The first-order valence-electron chi connectivity index (χ1n) is 26.1. The van der Waals surface area contributed by atoms with Crippen LogP contribution in [0.3, 0.4) is 0 Å². The van der Waals surface area contributed by atoms with Gasteiger partial charge in [0.1, 0.15) is 17.2 Å². The van der Waals surface area contributed by atoms with E-state index in [1.54, 1.807) is 88.4 Å². The second-order valence-corrected chi connectivity index (χ2v) is 19.9. The number of alkyl halides is 6. The van der Waals surface area contributed by atoms with Gasteiger partial charge in [0.2, 0.25) is 17.8 Å². The molecule has 0 atom stereocenters. The Hall–Kier alpha value is -9.73. The molecule has 0 bridgehead atoms. The van der Waals surface area contributed by atoms with Gasteiger partial charge >= 0.3 is 12.4 Å². The molecule has 22 nitrogen and oxygen atoms in total. The Kier molecular flexibility index (Phi) is 17.4. The Balaban J connectivity index is 0.000000152. The molecule has 8 heterocycles. The van der Waals surface area contributed by atoms with Crippen molar-refractivity contribution in [2.75, 3.05) is 76.5 Å². The number of amides is 3. The average molecular weight is 1170 g/mol. The first-order valence-corrected chi connectivity index (χ1v) is 26.1. The van der Waals surface area contributed by atoms with Gasteiger partial charge in [0.15, 0.2) is 30.2 Å². The molecule has 3 amide bonds. The number of aromatic nitrogens is 9. The molecule has 9 aromatic rings. The molecule has 84 heavy (non-hydrogen) atoms. The van der Waals surface area contributed by atoms with Gasteiger partial charge < -0.3 is 50.0 Å². The number of pyridine rings is 3. The number of likely N-dealkylation sites (tertiary alicyclic amines) is 2. The van der Waals surface area contributed by atoms with Crippen LogP contribution in [0, 0.1) is 20.8 Å². The summed E-state index contributed by atoms with van der Waals surface area (Å²) in [6.07, 6.45) is -2.35.